The van der Waals surface area contributed by atoms with Crippen molar-refractivity contribution in [1.82, 2.24) is 5.32 Å². The molecule has 1 saturated heterocycles. The quantitative estimate of drug-likeness (QED) is 0.299. The second-order valence-corrected chi connectivity index (χ2v) is 11.0. The van der Waals surface area contributed by atoms with Crippen LogP contribution in [0.15, 0.2) is 42.5 Å². The van der Waals surface area contributed by atoms with Crippen molar-refractivity contribution in [3.8, 4) is 5.75 Å². The molecular formula is C32H48N2O6. The van der Waals surface area contributed by atoms with Gasteiger partial charge in [0.1, 0.15) is 12.4 Å². The Bertz CT molecular complexity index is 1000. The third-order valence-electron chi connectivity index (χ3n) is 7.90. The largest absolute Gasteiger partial charge is 0.490 e. The Morgan fingerprint density at radius 3 is 2.58 bits per heavy atom. The molecule has 0 radical (unpaired) electrons. The maximum atomic E-state index is 10.0. The average Bonchev–Trinajstić information content (AvgIpc) is 2.98. The molecule has 0 unspecified atom stereocenters. The zero-order valence-corrected chi connectivity index (χ0v) is 24.5. The van der Waals surface area contributed by atoms with Crippen molar-refractivity contribution in [2.45, 2.75) is 57.5 Å². The topological polar surface area (TPSA) is 81.7 Å². The van der Waals surface area contributed by atoms with Gasteiger partial charge in [-0.25, -0.2) is 0 Å². The predicted molar refractivity (Wildman–Crippen MR) is 157 cm³/mol. The summed E-state index contributed by atoms with van der Waals surface area (Å²) in [7, 11) is 3.43. The average molecular weight is 557 g/mol. The summed E-state index contributed by atoms with van der Waals surface area (Å²) in [5.41, 5.74) is 4.72. The molecule has 2 aliphatic rings. The van der Waals surface area contributed by atoms with Crippen LogP contribution in [0, 0.1) is 5.92 Å². The number of fused-ring (bicyclic) bond motifs is 1. The lowest BCUT2D eigenvalue weighted by Gasteiger charge is -2.39. The molecular weight excluding hydrogens is 508 g/mol. The fraction of sp³-hybridized carbons (Fsp3) is 0.625. The number of anilines is 1. The van der Waals surface area contributed by atoms with Gasteiger partial charge in [-0.1, -0.05) is 30.3 Å². The molecule has 2 N–H and O–H groups in total. The van der Waals surface area contributed by atoms with E-state index in [-0.39, 0.29) is 18.1 Å². The fourth-order valence-electron chi connectivity index (χ4n) is 5.77. The number of benzene rings is 2. The maximum Gasteiger partial charge on any atom is 0.142 e. The molecule has 0 bridgehead atoms. The Morgan fingerprint density at radius 2 is 1.80 bits per heavy atom. The van der Waals surface area contributed by atoms with E-state index < -0.39 is 0 Å². The standard InChI is InChI=1S/C32H48N2O6/c1-24(35)5-9-28-20-33-21-31(32(28)27-10-6-25(7-11-27)22-38-18-17-37-3)40-23-26-8-12-30-29(19-26)34(14-16-39-30)13-4-15-36-2/h6-8,10-12,19,24,28,31-33,35H,4-5,9,13-18,20-23H2,1-3H3/t24-,28-,31+,32+/m1/s1. The number of piperidine rings is 1. The molecule has 8 heteroatoms. The van der Waals surface area contributed by atoms with Crippen molar-refractivity contribution in [1.29, 1.82) is 0 Å². The molecule has 0 aliphatic carbocycles. The molecule has 0 amide bonds. The van der Waals surface area contributed by atoms with Crippen LogP contribution in [0.25, 0.3) is 0 Å². The lowest BCUT2D eigenvalue weighted by molar-refractivity contribution is -0.00912. The highest BCUT2D eigenvalue weighted by Gasteiger charge is 2.35. The van der Waals surface area contributed by atoms with Gasteiger partial charge in [-0.2, -0.15) is 0 Å². The summed E-state index contributed by atoms with van der Waals surface area (Å²) in [6.45, 7) is 9.18. The van der Waals surface area contributed by atoms with E-state index in [0.717, 1.165) is 74.6 Å². The molecule has 40 heavy (non-hydrogen) atoms. The normalized spacial score (nSPS) is 21.6. The zero-order chi connectivity index (χ0) is 28.2. The molecule has 4 rings (SSSR count). The van der Waals surface area contributed by atoms with E-state index in [1.54, 1.807) is 14.2 Å². The van der Waals surface area contributed by atoms with E-state index in [9.17, 15) is 5.11 Å². The molecule has 8 nitrogen and oxygen atoms in total. The first kappa shape index (κ1) is 30.8. The van der Waals surface area contributed by atoms with Crippen LogP contribution in [-0.2, 0) is 32.2 Å². The van der Waals surface area contributed by atoms with E-state index in [4.69, 9.17) is 23.7 Å². The molecule has 4 atom stereocenters. The minimum absolute atomic E-state index is 0.0293. The number of methoxy groups -OCH3 is 2. The van der Waals surface area contributed by atoms with Gasteiger partial charge in [0.15, 0.2) is 0 Å². The van der Waals surface area contributed by atoms with Gasteiger partial charge in [0, 0.05) is 39.8 Å². The van der Waals surface area contributed by atoms with Crippen LogP contribution in [0.3, 0.4) is 0 Å². The Hall–Kier alpha value is -2.20. The second-order valence-electron chi connectivity index (χ2n) is 11.0. The fourth-order valence-corrected chi connectivity index (χ4v) is 5.77. The third-order valence-corrected chi connectivity index (χ3v) is 7.90. The molecule has 2 aliphatic heterocycles. The van der Waals surface area contributed by atoms with E-state index >= 15 is 0 Å². The van der Waals surface area contributed by atoms with Gasteiger partial charge in [0.25, 0.3) is 0 Å². The van der Waals surface area contributed by atoms with E-state index in [1.807, 2.05) is 6.92 Å². The van der Waals surface area contributed by atoms with Gasteiger partial charge in [-0.15, -0.1) is 0 Å². The van der Waals surface area contributed by atoms with Gasteiger partial charge >= 0.3 is 0 Å². The molecule has 2 aromatic rings. The van der Waals surface area contributed by atoms with Gasteiger partial charge in [-0.3, -0.25) is 0 Å². The molecule has 1 fully saturated rings. The minimum atomic E-state index is -0.307. The summed E-state index contributed by atoms with van der Waals surface area (Å²) in [4.78, 5) is 2.39. The van der Waals surface area contributed by atoms with Crippen LogP contribution in [0.5, 0.6) is 5.75 Å². The summed E-state index contributed by atoms with van der Waals surface area (Å²) in [5, 5.41) is 13.6. The zero-order valence-electron chi connectivity index (χ0n) is 24.5. The van der Waals surface area contributed by atoms with Crippen LogP contribution >= 0.6 is 0 Å². The predicted octanol–water partition coefficient (Wildman–Crippen LogP) is 4.13. The first-order valence-corrected chi connectivity index (χ1v) is 14.7. The molecule has 222 valence electrons. The van der Waals surface area contributed by atoms with Crippen molar-refractivity contribution in [3.05, 3.63) is 59.2 Å². The lowest BCUT2D eigenvalue weighted by Crippen LogP contribution is -2.47. The number of nitrogens with zero attached hydrogens (tertiary/aromatic N) is 1. The molecule has 2 aromatic carbocycles. The van der Waals surface area contributed by atoms with Crippen molar-refractivity contribution in [2.24, 2.45) is 5.92 Å². The Morgan fingerprint density at radius 1 is 1.00 bits per heavy atom. The van der Waals surface area contributed by atoms with Crippen LogP contribution in [-0.4, -0.2) is 84.1 Å². The number of aliphatic hydroxyl groups is 1. The van der Waals surface area contributed by atoms with Crippen LogP contribution in [0.2, 0.25) is 0 Å². The van der Waals surface area contributed by atoms with Crippen LogP contribution in [0.4, 0.5) is 5.69 Å². The highest BCUT2D eigenvalue weighted by Crippen LogP contribution is 2.37. The first-order chi connectivity index (χ1) is 19.6. The van der Waals surface area contributed by atoms with Crippen molar-refractivity contribution in [2.75, 3.05) is 71.7 Å². The minimum Gasteiger partial charge on any atom is -0.490 e. The highest BCUT2D eigenvalue weighted by molar-refractivity contribution is 5.61. The number of aliphatic hydroxyl groups excluding tert-OH is 1. The maximum absolute atomic E-state index is 10.0. The Labute approximate surface area is 239 Å². The van der Waals surface area contributed by atoms with Gasteiger partial charge in [-0.05, 0) is 67.5 Å². The van der Waals surface area contributed by atoms with Gasteiger partial charge < -0.3 is 39.0 Å². The number of nitrogens with one attached hydrogen (secondary N) is 1. The van der Waals surface area contributed by atoms with E-state index in [1.165, 1.54) is 5.56 Å². The smallest absolute Gasteiger partial charge is 0.142 e. The molecule has 2 heterocycles. The van der Waals surface area contributed by atoms with Gasteiger partial charge in [0.2, 0.25) is 0 Å². The van der Waals surface area contributed by atoms with Crippen molar-refractivity contribution >= 4 is 5.69 Å². The molecule has 0 spiro atoms. The Kier molecular flexibility index (Phi) is 12.5. The molecule has 0 saturated carbocycles. The monoisotopic (exact) mass is 556 g/mol. The van der Waals surface area contributed by atoms with Crippen molar-refractivity contribution < 1.29 is 28.8 Å². The van der Waals surface area contributed by atoms with E-state index in [0.29, 0.717) is 39.0 Å². The number of hydrogen-bond acceptors (Lipinski definition) is 8. The number of rotatable bonds is 16. The summed E-state index contributed by atoms with van der Waals surface area (Å²) in [5.74, 6) is 1.56. The van der Waals surface area contributed by atoms with Crippen LogP contribution < -0.4 is 15.0 Å². The highest BCUT2D eigenvalue weighted by atomic mass is 16.5. The summed E-state index contributed by atoms with van der Waals surface area (Å²) >= 11 is 0. The summed E-state index contributed by atoms with van der Waals surface area (Å²) < 4.78 is 28.6. The SMILES string of the molecule is COCCCN1CCOc2ccc(CO[C@H]3CNC[C@@H](CC[C@@H](C)O)[C@@H]3c3ccc(COCCOC)cc3)cc21. The van der Waals surface area contributed by atoms with Crippen LogP contribution in [0.1, 0.15) is 48.8 Å². The number of ether oxygens (including phenoxy) is 5. The second kappa shape index (κ2) is 16.3. The van der Waals surface area contributed by atoms with E-state index in [2.05, 4.69) is 52.7 Å². The summed E-state index contributed by atoms with van der Waals surface area (Å²) in [6, 6.07) is 15.2. The third kappa shape index (κ3) is 8.90. The first-order valence-electron chi connectivity index (χ1n) is 14.7. The van der Waals surface area contributed by atoms with Gasteiger partial charge in [0.05, 0.1) is 50.9 Å². The summed E-state index contributed by atoms with van der Waals surface area (Å²) in [6.07, 6.45) is 2.44. The van der Waals surface area contributed by atoms with Crippen molar-refractivity contribution in [3.63, 3.8) is 0 Å². The molecule has 0 aromatic heterocycles. The Balaban J connectivity index is 1.45. The lowest BCUT2D eigenvalue weighted by atomic mass is 9.76. The number of hydrogen-bond donors (Lipinski definition) is 2.